The standard InChI is InChI=1S/C28H42N2O4/c1-5-31-25-15-23(16-26(19-25)32-6-2)21-29-9-12-30(13-10-29,14-11-29)22-24-17-27(33-7-3)20-28(18-24)34-8-4/h15-20H,5-14,21-22H2,1-4H3/q+2. The molecule has 0 aliphatic carbocycles. The third-order valence-corrected chi connectivity index (χ3v) is 7.31. The molecule has 0 unspecified atom stereocenters. The van der Waals surface area contributed by atoms with Crippen molar-refractivity contribution in [2.75, 3.05) is 65.7 Å². The highest BCUT2D eigenvalue weighted by atomic mass is 16.5. The molecule has 3 fully saturated rings. The lowest BCUT2D eigenvalue weighted by atomic mass is 10.0. The third-order valence-electron chi connectivity index (χ3n) is 7.31. The van der Waals surface area contributed by atoms with Gasteiger partial charge in [0.1, 0.15) is 75.4 Å². The Kier molecular flexibility index (Phi) is 7.89. The summed E-state index contributed by atoms with van der Waals surface area (Å²) in [7, 11) is 0. The monoisotopic (exact) mass is 470 g/mol. The molecule has 3 saturated heterocycles. The van der Waals surface area contributed by atoms with Crippen LogP contribution in [0.5, 0.6) is 23.0 Å². The summed E-state index contributed by atoms with van der Waals surface area (Å²) in [5.74, 6) is 3.67. The van der Waals surface area contributed by atoms with Gasteiger partial charge in [0.05, 0.1) is 26.4 Å². The van der Waals surface area contributed by atoms with Gasteiger partial charge in [-0.3, -0.25) is 0 Å². The summed E-state index contributed by atoms with van der Waals surface area (Å²) in [6.45, 7) is 20.2. The first-order valence-corrected chi connectivity index (χ1v) is 13.0. The minimum absolute atomic E-state index is 0.671. The van der Waals surface area contributed by atoms with Crippen LogP contribution in [0.15, 0.2) is 36.4 Å². The topological polar surface area (TPSA) is 36.9 Å². The SMILES string of the molecule is CCOc1cc(C[N+]23CC[N+](Cc4cc(OCC)cc(OCC)c4)(CC2)CC3)cc(OCC)c1. The van der Waals surface area contributed by atoms with Gasteiger partial charge in [-0.15, -0.1) is 0 Å². The molecule has 186 valence electrons. The average Bonchev–Trinajstić information content (AvgIpc) is 2.81. The summed E-state index contributed by atoms with van der Waals surface area (Å²) in [5.41, 5.74) is 2.64. The Balaban J connectivity index is 1.46. The fourth-order valence-corrected chi connectivity index (χ4v) is 5.64. The number of hydrogen-bond acceptors (Lipinski definition) is 4. The van der Waals surface area contributed by atoms with Crippen LogP contribution in [0, 0.1) is 0 Å². The van der Waals surface area contributed by atoms with Gasteiger partial charge in [0, 0.05) is 23.3 Å². The van der Waals surface area contributed by atoms with E-state index in [1.54, 1.807) is 0 Å². The van der Waals surface area contributed by atoms with Crippen molar-refractivity contribution in [2.24, 2.45) is 0 Å². The van der Waals surface area contributed by atoms with E-state index in [0.29, 0.717) is 26.4 Å². The first kappa shape index (κ1) is 24.7. The van der Waals surface area contributed by atoms with Gasteiger partial charge in [0.15, 0.2) is 0 Å². The van der Waals surface area contributed by atoms with Gasteiger partial charge < -0.3 is 27.9 Å². The molecule has 5 rings (SSSR count). The number of benzene rings is 2. The van der Waals surface area contributed by atoms with E-state index in [9.17, 15) is 0 Å². The second-order valence-corrected chi connectivity index (χ2v) is 9.70. The zero-order chi connectivity index (χ0) is 24.0. The van der Waals surface area contributed by atoms with Crippen LogP contribution in [-0.2, 0) is 13.1 Å². The first-order chi connectivity index (χ1) is 16.5. The van der Waals surface area contributed by atoms with Crippen LogP contribution in [0.4, 0.5) is 0 Å². The molecule has 3 aliphatic heterocycles. The molecular formula is C28H42N2O4+2. The highest BCUT2D eigenvalue weighted by Gasteiger charge is 2.49. The quantitative estimate of drug-likeness (QED) is 0.424. The largest absolute Gasteiger partial charge is 0.494 e. The second-order valence-electron chi connectivity index (χ2n) is 9.70. The summed E-state index contributed by atoms with van der Waals surface area (Å²) < 4.78 is 25.6. The smallest absolute Gasteiger partial charge is 0.129 e. The average molecular weight is 471 g/mol. The number of piperazine rings is 3. The number of hydrogen-bond donors (Lipinski definition) is 0. The molecule has 0 saturated carbocycles. The molecular weight excluding hydrogens is 428 g/mol. The van der Waals surface area contributed by atoms with Crippen molar-refractivity contribution < 1.29 is 27.9 Å². The van der Waals surface area contributed by atoms with E-state index in [-0.39, 0.29) is 0 Å². The highest BCUT2D eigenvalue weighted by Crippen LogP contribution is 2.34. The van der Waals surface area contributed by atoms with E-state index in [1.165, 1.54) is 59.4 Å². The maximum atomic E-state index is 5.82. The van der Waals surface area contributed by atoms with Crippen molar-refractivity contribution >= 4 is 0 Å². The van der Waals surface area contributed by atoms with Crippen LogP contribution in [-0.4, -0.2) is 74.7 Å². The Bertz CT molecular complexity index is 811. The second kappa shape index (κ2) is 10.9. The Morgan fingerprint density at radius 2 is 0.735 bits per heavy atom. The van der Waals surface area contributed by atoms with Gasteiger partial charge in [-0.1, -0.05) is 0 Å². The molecule has 2 aromatic rings. The van der Waals surface area contributed by atoms with Crippen molar-refractivity contribution in [2.45, 2.75) is 40.8 Å². The molecule has 3 aliphatic rings. The molecule has 2 aromatic carbocycles. The van der Waals surface area contributed by atoms with Crippen molar-refractivity contribution in [3.8, 4) is 23.0 Å². The first-order valence-electron chi connectivity index (χ1n) is 13.0. The fourth-order valence-electron chi connectivity index (χ4n) is 5.64. The molecule has 0 radical (unpaired) electrons. The van der Waals surface area contributed by atoms with Crippen LogP contribution in [0.25, 0.3) is 0 Å². The predicted octanol–water partition coefficient (Wildman–Crippen LogP) is 4.64. The minimum Gasteiger partial charge on any atom is -0.494 e. The number of rotatable bonds is 12. The van der Waals surface area contributed by atoms with E-state index < -0.39 is 0 Å². The fraction of sp³-hybridized carbons (Fsp3) is 0.571. The van der Waals surface area contributed by atoms with Gasteiger partial charge in [0.2, 0.25) is 0 Å². The molecule has 0 spiro atoms. The Hall–Kier alpha value is -2.44. The summed E-state index contributed by atoms with van der Waals surface area (Å²) in [5, 5.41) is 0. The lowest BCUT2D eigenvalue weighted by Gasteiger charge is -2.55. The molecule has 0 amide bonds. The molecule has 6 nitrogen and oxygen atoms in total. The zero-order valence-corrected chi connectivity index (χ0v) is 21.5. The highest BCUT2D eigenvalue weighted by molar-refractivity contribution is 5.39. The summed E-state index contributed by atoms with van der Waals surface area (Å²) in [6.07, 6.45) is 0. The Morgan fingerprint density at radius 3 is 0.971 bits per heavy atom. The zero-order valence-electron chi connectivity index (χ0n) is 21.5. The molecule has 6 heteroatoms. The summed E-state index contributed by atoms with van der Waals surface area (Å²) in [6, 6.07) is 12.9. The van der Waals surface area contributed by atoms with Crippen LogP contribution < -0.4 is 18.9 Å². The van der Waals surface area contributed by atoms with Gasteiger partial charge in [-0.2, -0.15) is 0 Å². The van der Waals surface area contributed by atoms with Crippen LogP contribution in [0.2, 0.25) is 0 Å². The van der Waals surface area contributed by atoms with E-state index in [4.69, 9.17) is 18.9 Å². The maximum Gasteiger partial charge on any atom is 0.129 e. The predicted molar refractivity (Wildman–Crippen MR) is 135 cm³/mol. The summed E-state index contributed by atoms with van der Waals surface area (Å²) in [4.78, 5) is 0. The Morgan fingerprint density at radius 1 is 0.471 bits per heavy atom. The van der Waals surface area contributed by atoms with E-state index in [1.807, 2.05) is 39.8 Å². The van der Waals surface area contributed by atoms with Crippen LogP contribution in [0.3, 0.4) is 0 Å². The van der Waals surface area contributed by atoms with Crippen LogP contribution >= 0.6 is 0 Å². The maximum absolute atomic E-state index is 5.82. The number of ether oxygens (including phenoxy) is 4. The normalized spacial score (nSPS) is 23.5. The van der Waals surface area contributed by atoms with E-state index in [2.05, 4.69) is 24.3 Å². The lowest BCUT2D eigenvalue weighted by Crippen LogP contribution is -2.74. The number of fused-ring (bicyclic) bond motifs is 3. The summed E-state index contributed by atoms with van der Waals surface area (Å²) >= 11 is 0. The van der Waals surface area contributed by atoms with Crippen LogP contribution in [0.1, 0.15) is 38.8 Å². The lowest BCUT2D eigenvalue weighted by molar-refractivity contribution is -1.09. The number of nitrogens with zero attached hydrogens (tertiary/aromatic N) is 2. The van der Waals surface area contributed by atoms with E-state index in [0.717, 1.165) is 36.1 Å². The van der Waals surface area contributed by atoms with Gasteiger partial charge in [-0.05, 0) is 52.0 Å². The molecule has 0 aromatic heterocycles. The van der Waals surface area contributed by atoms with Gasteiger partial charge in [-0.25, -0.2) is 0 Å². The Labute approximate surface area is 205 Å². The minimum atomic E-state index is 0.671. The van der Waals surface area contributed by atoms with Gasteiger partial charge in [0.25, 0.3) is 0 Å². The van der Waals surface area contributed by atoms with Crippen molar-refractivity contribution in [3.63, 3.8) is 0 Å². The van der Waals surface area contributed by atoms with Gasteiger partial charge >= 0.3 is 0 Å². The van der Waals surface area contributed by atoms with Crippen molar-refractivity contribution in [1.82, 2.24) is 0 Å². The van der Waals surface area contributed by atoms with Crippen molar-refractivity contribution in [3.05, 3.63) is 47.5 Å². The molecule has 3 heterocycles. The van der Waals surface area contributed by atoms with Crippen molar-refractivity contribution in [1.29, 1.82) is 0 Å². The van der Waals surface area contributed by atoms with E-state index >= 15 is 0 Å². The third kappa shape index (κ3) is 5.78. The number of quaternary nitrogens is 2. The molecule has 0 atom stereocenters. The molecule has 2 bridgehead atoms. The molecule has 0 N–H and O–H groups in total. The molecule has 34 heavy (non-hydrogen) atoms.